The first-order chi connectivity index (χ1) is 8.93. The van der Waals surface area contributed by atoms with Crippen LogP contribution in [0.3, 0.4) is 0 Å². The van der Waals surface area contributed by atoms with Crippen LogP contribution in [0.4, 0.5) is 0 Å². The maximum atomic E-state index is 12.3. The molecule has 3 N–H and O–H groups in total. The van der Waals surface area contributed by atoms with Gasteiger partial charge in [-0.15, -0.1) is 0 Å². The number of amides is 2. The van der Waals surface area contributed by atoms with Crippen molar-refractivity contribution in [1.29, 1.82) is 0 Å². The van der Waals surface area contributed by atoms with Crippen LogP contribution in [0.5, 0.6) is 0 Å². The van der Waals surface area contributed by atoms with Gasteiger partial charge < -0.3 is 20.7 Å². The Kier molecular flexibility index (Phi) is 4.10. The van der Waals surface area contributed by atoms with E-state index in [1.165, 1.54) is 0 Å². The smallest absolute Gasteiger partial charge is 0.239 e. The van der Waals surface area contributed by atoms with Crippen LogP contribution in [0.15, 0.2) is 0 Å². The summed E-state index contributed by atoms with van der Waals surface area (Å²) in [4.78, 5) is 25.6. The van der Waals surface area contributed by atoms with Crippen molar-refractivity contribution < 1.29 is 14.3 Å². The lowest BCUT2D eigenvalue weighted by molar-refractivity contribution is -0.137. The molecule has 2 amide bonds. The molecular formula is C13H23N3O3. The van der Waals surface area contributed by atoms with E-state index in [1.54, 1.807) is 0 Å². The van der Waals surface area contributed by atoms with Crippen molar-refractivity contribution in [3.63, 3.8) is 0 Å². The lowest BCUT2D eigenvalue weighted by Gasteiger charge is -2.30. The summed E-state index contributed by atoms with van der Waals surface area (Å²) in [6.45, 7) is 6.88. The minimum Gasteiger partial charge on any atom is -0.378 e. The van der Waals surface area contributed by atoms with E-state index in [1.807, 2.05) is 18.7 Å². The van der Waals surface area contributed by atoms with Gasteiger partial charge in [-0.1, -0.05) is 13.8 Å². The monoisotopic (exact) mass is 269 g/mol. The second-order valence-electron chi connectivity index (χ2n) is 5.92. The van der Waals surface area contributed by atoms with Crippen molar-refractivity contribution in [3.05, 3.63) is 0 Å². The number of nitrogens with one attached hydrogen (secondary N) is 1. The summed E-state index contributed by atoms with van der Waals surface area (Å²) >= 11 is 0. The molecule has 0 radical (unpaired) electrons. The fourth-order valence-corrected chi connectivity index (χ4v) is 2.68. The zero-order chi connectivity index (χ0) is 14.0. The molecule has 108 valence electrons. The van der Waals surface area contributed by atoms with Gasteiger partial charge in [-0.05, 0) is 18.9 Å². The number of hydrogen-bond donors (Lipinski definition) is 2. The highest BCUT2D eigenvalue weighted by Gasteiger charge is 2.42. The Morgan fingerprint density at radius 1 is 1.32 bits per heavy atom. The summed E-state index contributed by atoms with van der Waals surface area (Å²) < 4.78 is 5.24. The molecule has 2 saturated heterocycles. The van der Waals surface area contributed by atoms with Crippen molar-refractivity contribution in [2.45, 2.75) is 26.3 Å². The molecule has 0 aliphatic carbocycles. The van der Waals surface area contributed by atoms with E-state index in [-0.39, 0.29) is 23.8 Å². The number of nitrogens with two attached hydrogens (primary N) is 1. The summed E-state index contributed by atoms with van der Waals surface area (Å²) in [6.07, 6.45) is 0.673. The summed E-state index contributed by atoms with van der Waals surface area (Å²) in [5.41, 5.74) is 4.86. The number of hydrogen-bond acceptors (Lipinski definition) is 4. The third-order valence-electron chi connectivity index (χ3n) is 4.41. The molecule has 0 aromatic carbocycles. The molecule has 2 heterocycles. The second kappa shape index (κ2) is 5.46. The van der Waals surface area contributed by atoms with Crippen LogP contribution in [0.2, 0.25) is 0 Å². The van der Waals surface area contributed by atoms with E-state index >= 15 is 0 Å². The quantitative estimate of drug-likeness (QED) is 0.712. The first kappa shape index (κ1) is 14.3. The standard InChI is InChI=1S/C13H23N3O3/c1-13(2,12(14)18)9-7-10(15-8-9)11(17)16-3-5-19-6-4-16/h9-10,15H,3-8H2,1-2H3,(H2,14,18)/t9-,10+/m1/s1. The molecule has 6 nitrogen and oxygen atoms in total. The van der Waals surface area contributed by atoms with Gasteiger partial charge in [0.05, 0.1) is 19.3 Å². The van der Waals surface area contributed by atoms with Crippen LogP contribution in [-0.2, 0) is 14.3 Å². The van der Waals surface area contributed by atoms with Gasteiger partial charge in [0.1, 0.15) is 0 Å². The molecule has 0 spiro atoms. The number of rotatable bonds is 3. The van der Waals surface area contributed by atoms with E-state index < -0.39 is 5.41 Å². The topological polar surface area (TPSA) is 84.7 Å². The van der Waals surface area contributed by atoms with E-state index in [4.69, 9.17) is 10.5 Å². The number of nitrogens with zero attached hydrogens (tertiary/aromatic N) is 1. The normalized spacial score (nSPS) is 28.4. The van der Waals surface area contributed by atoms with Crippen LogP contribution in [0, 0.1) is 11.3 Å². The fraction of sp³-hybridized carbons (Fsp3) is 0.846. The highest BCUT2D eigenvalue weighted by Crippen LogP contribution is 2.33. The Balaban J connectivity index is 1.94. The summed E-state index contributed by atoms with van der Waals surface area (Å²) in [7, 11) is 0. The van der Waals surface area contributed by atoms with Gasteiger partial charge in [-0.2, -0.15) is 0 Å². The van der Waals surface area contributed by atoms with Crippen molar-refractivity contribution in [2.24, 2.45) is 17.1 Å². The maximum absolute atomic E-state index is 12.3. The second-order valence-corrected chi connectivity index (χ2v) is 5.92. The number of carbonyl (C=O) groups excluding carboxylic acids is 2. The van der Waals surface area contributed by atoms with Crippen molar-refractivity contribution in [1.82, 2.24) is 10.2 Å². The highest BCUT2D eigenvalue weighted by molar-refractivity contribution is 5.83. The van der Waals surface area contributed by atoms with E-state index in [2.05, 4.69) is 5.32 Å². The average molecular weight is 269 g/mol. The highest BCUT2D eigenvalue weighted by atomic mass is 16.5. The average Bonchev–Trinajstić information content (AvgIpc) is 2.89. The molecule has 6 heteroatoms. The fourth-order valence-electron chi connectivity index (χ4n) is 2.68. The predicted octanol–water partition coefficient (Wildman–Crippen LogP) is -0.665. The number of ether oxygens (including phenoxy) is 1. The van der Waals surface area contributed by atoms with Crippen molar-refractivity contribution in [3.8, 4) is 0 Å². The van der Waals surface area contributed by atoms with Crippen molar-refractivity contribution >= 4 is 11.8 Å². The molecule has 0 aromatic rings. The molecule has 2 rings (SSSR count). The molecular weight excluding hydrogens is 246 g/mol. The summed E-state index contributed by atoms with van der Waals surface area (Å²) in [5.74, 6) is -0.0789. The molecule has 2 atom stereocenters. The summed E-state index contributed by atoms with van der Waals surface area (Å²) in [5, 5.41) is 3.22. The van der Waals surface area contributed by atoms with Crippen LogP contribution >= 0.6 is 0 Å². The van der Waals surface area contributed by atoms with Gasteiger partial charge in [0.2, 0.25) is 11.8 Å². The third-order valence-corrected chi connectivity index (χ3v) is 4.41. The van der Waals surface area contributed by atoms with Crippen LogP contribution in [-0.4, -0.2) is 55.6 Å². The molecule has 0 bridgehead atoms. The molecule has 0 aromatic heterocycles. The zero-order valence-electron chi connectivity index (χ0n) is 11.6. The van der Waals surface area contributed by atoms with Gasteiger partial charge >= 0.3 is 0 Å². The Morgan fingerprint density at radius 2 is 1.95 bits per heavy atom. The first-order valence-corrected chi connectivity index (χ1v) is 6.82. The minimum absolute atomic E-state index is 0.111. The Bertz CT molecular complexity index is 364. The Labute approximate surface area is 113 Å². The summed E-state index contributed by atoms with van der Waals surface area (Å²) in [6, 6.07) is -0.193. The Morgan fingerprint density at radius 3 is 2.53 bits per heavy atom. The Hall–Kier alpha value is -1.14. The maximum Gasteiger partial charge on any atom is 0.239 e. The number of primary amides is 1. The SMILES string of the molecule is CC(C)(C(N)=O)[C@H]1CN[C@H](C(=O)N2CCOCC2)C1. The van der Waals surface area contributed by atoms with E-state index in [0.29, 0.717) is 39.3 Å². The van der Waals surface area contributed by atoms with E-state index in [0.717, 1.165) is 0 Å². The molecule has 0 unspecified atom stereocenters. The lowest BCUT2D eigenvalue weighted by atomic mass is 9.77. The van der Waals surface area contributed by atoms with E-state index in [9.17, 15) is 9.59 Å². The van der Waals surface area contributed by atoms with Gasteiger partial charge in [0.25, 0.3) is 0 Å². The van der Waals surface area contributed by atoms with Crippen LogP contribution < -0.4 is 11.1 Å². The van der Waals surface area contributed by atoms with Gasteiger partial charge in [0.15, 0.2) is 0 Å². The lowest BCUT2D eigenvalue weighted by Crippen LogP contribution is -2.48. The van der Waals surface area contributed by atoms with Crippen LogP contribution in [0.1, 0.15) is 20.3 Å². The van der Waals surface area contributed by atoms with Gasteiger partial charge in [-0.3, -0.25) is 9.59 Å². The largest absolute Gasteiger partial charge is 0.378 e. The number of morpholine rings is 1. The predicted molar refractivity (Wildman–Crippen MR) is 70.3 cm³/mol. The molecule has 0 saturated carbocycles. The van der Waals surface area contributed by atoms with Crippen molar-refractivity contribution in [2.75, 3.05) is 32.8 Å². The molecule has 2 aliphatic heterocycles. The van der Waals surface area contributed by atoms with Gasteiger partial charge in [0, 0.05) is 18.5 Å². The van der Waals surface area contributed by atoms with Crippen LogP contribution in [0.25, 0.3) is 0 Å². The number of carbonyl (C=O) groups is 2. The molecule has 2 fully saturated rings. The first-order valence-electron chi connectivity index (χ1n) is 6.82. The molecule has 2 aliphatic rings. The molecule has 19 heavy (non-hydrogen) atoms. The zero-order valence-corrected chi connectivity index (χ0v) is 11.6. The third kappa shape index (κ3) is 2.90. The minimum atomic E-state index is -0.576. The van der Waals surface area contributed by atoms with Gasteiger partial charge in [-0.25, -0.2) is 0 Å².